The van der Waals surface area contributed by atoms with Crippen molar-refractivity contribution in [3.8, 4) is 0 Å². The minimum atomic E-state index is -3.43. The van der Waals surface area contributed by atoms with Crippen LogP contribution in [-0.4, -0.2) is 20.5 Å². The largest absolute Gasteiger partial charge is 0.310 e. The predicted molar refractivity (Wildman–Crippen MR) is 81.0 cm³/mol. The van der Waals surface area contributed by atoms with Crippen molar-refractivity contribution in [2.45, 2.75) is 63.1 Å². The second-order valence-corrected chi connectivity index (χ2v) is 7.08. The summed E-state index contributed by atoms with van der Waals surface area (Å²) in [6.45, 7) is 4.61. The molecular formula is C15H24N2O2S. The summed E-state index contributed by atoms with van der Waals surface area (Å²) in [4.78, 5) is 0.403. The van der Waals surface area contributed by atoms with Crippen molar-refractivity contribution in [3.05, 3.63) is 29.8 Å². The normalized spacial score (nSPS) is 15.8. The van der Waals surface area contributed by atoms with E-state index < -0.39 is 10.0 Å². The number of nitrogens with one attached hydrogen (secondary N) is 2. The van der Waals surface area contributed by atoms with Gasteiger partial charge in [-0.2, -0.15) is 0 Å². The minimum absolute atomic E-state index is 0.00412. The molecule has 0 aliphatic heterocycles. The lowest BCUT2D eigenvalue weighted by Crippen LogP contribution is -2.34. The van der Waals surface area contributed by atoms with E-state index in [1.807, 2.05) is 26.0 Å². The summed E-state index contributed by atoms with van der Waals surface area (Å²) >= 11 is 0. The summed E-state index contributed by atoms with van der Waals surface area (Å²) in [7, 11) is -3.43. The molecule has 4 nitrogen and oxygen atoms in total. The molecule has 1 aromatic rings. The SMILES string of the molecule is CCC(CC)NS(=O)(=O)c1ccccc1CNC1CC1. The van der Waals surface area contributed by atoms with Crippen LogP contribution >= 0.6 is 0 Å². The smallest absolute Gasteiger partial charge is 0.241 e. The summed E-state index contributed by atoms with van der Waals surface area (Å²) in [6.07, 6.45) is 4.00. The van der Waals surface area contributed by atoms with Crippen LogP contribution in [0.1, 0.15) is 45.1 Å². The molecule has 1 saturated carbocycles. The van der Waals surface area contributed by atoms with E-state index in [0.717, 1.165) is 18.4 Å². The lowest BCUT2D eigenvalue weighted by Gasteiger charge is -2.17. The van der Waals surface area contributed by atoms with Gasteiger partial charge < -0.3 is 5.32 Å². The molecule has 0 spiro atoms. The Balaban J connectivity index is 2.16. The van der Waals surface area contributed by atoms with E-state index in [-0.39, 0.29) is 6.04 Å². The fourth-order valence-electron chi connectivity index (χ4n) is 2.19. The number of sulfonamides is 1. The molecule has 0 heterocycles. The van der Waals surface area contributed by atoms with Crippen LogP contribution in [0.15, 0.2) is 29.2 Å². The Labute approximate surface area is 122 Å². The Hall–Kier alpha value is -0.910. The van der Waals surface area contributed by atoms with Gasteiger partial charge in [0, 0.05) is 18.6 Å². The van der Waals surface area contributed by atoms with Gasteiger partial charge in [-0.15, -0.1) is 0 Å². The van der Waals surface area contributed by atoms with Crippen LogP contribution in [-0.2, 0) is 16.6 Å². The van der Waals surface area contributed by atoms with E-state index in [2.05, 4.69) is 10.0 Å². The third-order valence-corrected chi connectivity index (χ3v) is 5.35. The van der Waals surface area contributed by atoms with Crippen molar-refractivity contribution in [2.75, 3.05) is 0 Å². The lowest BCUT2D eigenvalue weighted by molar-refractivity contribution is 0.528. The van der Waals surface area contributed by atoms with Crippen molar-refractivity contribution in [1.29, 1.82) is 0 Å². The van der Waals surface area contributed by atoms with Crippen molar-refractivity contribution >= 4 is 10.0 Å². The summed E-state index contributed by atoms with van der Waals surface area (Å²) in [5.41, 5.74) is 0.845. The quantitative estimate of drug-likeness (QED) is 0.774. The number of rotatable bonds is 8. The van der Waals surface area contributed by atoms with Crippen LogP contribution in [0, 0.1) is 0 Å². The van der Waals surface area contributed by atoms with E-state index >= 15 is 0 Å². The highest BCUT2D eigenvalue weighted by atomic mass is 32.2. The van der Waals surface area contributed by atoms with E-state index in [0.29, 0.717) is 17.5 Å². The van der Waals surface area contributed by atoms with Crippen LogP contribution in [0.2, 0.25) is 0 Å². The number of hydrogen-bond acceptors (Lipinski definition) is 3. The van der Waals surface area contributed by atoms with Crippen molar-refractivity contribution in [3.63, 3.8) is 0 Å². The summed E-state index contributed by atoms with van der Waals surface area (Å²) in [5, 5.41) is 3.37. The lowest BCUT2D eigenvalue weighted by atomic mass is 10.2. The Morgan fingerprint density at radius 2 is 1.85 bits per heavy atom. The van der Waals surface area contributed by atoms with E-state index in [4.69, 9.17) is 0 Å². The first-order valence-corrected chi connectivity index (χ1v) is 8.88. The van der Waals surface area contributed by atoms with Crippen LogP contribution in [0.25, 0.3) is 0 Å². The molecular weight excluding hydrogens is 272 g/mol. The second kappa shape index (κ2) is 6.70. The minimum Gasteiger partial charge on any atom is -0.310 e. The first kappa shape index (κ1) is 15.5. The van der Waals surface area contributed by atoms with Crippen LogP contribution in [0.3, 0.4) is 0 Å². The highest BCUT2D eigenvalue weighted by Crippen LogP contribution is 2.21. The first-order chi connectivity index (χ1) is 9.56. The van der Waals surface area contributed by atoms with Gasteiger partial charge in [0.05, 0.1) is 4.90 Å². The Kier molecular flexibility index (Phi) is 5.18. The third kappa shape index (κ3) is 4.04. The van der Waals surface area contributed by atoms with Gasteiger partial charge in [-0.3, -0.25) is 0 Å². The van der Waals surface area contributed by atoms with Crippen LogP contribution < -0.4 is 10.0 Å². The van der Waals surface area contributed by atoms with Gasteiger partial charge in [0.2, 0.25) is 10.0 Å². The highest BCUT2D eigenvalue weighted by Gasteiger charge is 2.23. The molecule has 1 aromatic carbocycles. The third-order valence-electron chi connectivity index (χ3n) is 3.73. The maximum Gasteiger partial charge on any atom is 0.241 e. The average Bonchev–Trinajstić information content (AvgIpc) is 3.27. The van der Waals surface area contributed by atoms with Crippen molar-refractivity contribution < 1.29 is 8.42 Å². The zero-order valence-corrected chi connectivity index (χ0v) is 13.0. The van der Waals surface area contributed by atoms with Gasteiger partial charge in [-0.25, -0.2) is 13.1 Å². The molecule has 2 N–H and O–H groups in total. The van der Waals surface area contributed by atoms with Gasteiger partial charge in [0.15, 0.2) is 0 Å². The van der Waals surface area contributed by atoms with Gasteiger partial charge >= 0.3 is 0 Å². The molecule has 0 aromatic heterocycles. The molecule has 1 aliphatic carbocycles. The maximum atomic E-state index is 12.5. The van der Waals surface area contributed by atoms with Gasteiger partial charge in [0.25, 0.3) is 0 Å². The molecule has 5 heteroatoms. The molecule has 0 atom stereocenters. The molecule has 0 unspecified atom stereocenters. The van der Waals surface area contributed by atoms with Crippen LogP contribution in [0.5, 0.6) is 0 Å². The molecule has 1 fully saturated rings. The van der Waals surface area contributed by atoms with E-state index in [1.165, 1.54) is 12.8 Å². The Morgan fingerprint density at radius 3 is 2.45 bits per heavy atom. The molecule has 0 radical (unpaired) electrons. The van der Waals surface area contributed by atoms with Crippen LogP contribution in [0.4, 0.5) is 0 Å². The molecule has 1 aliphatic rings. The average molecular weight is 296 g/mol. The van der Waals surface area contributed by atoms with E-state index in [1.54, 1.807) is 12.1 Å². The van der Waals surface area contributed by atoms with Gasteiger partial charge in [0.1, 0.15) is 0 Å². The molecule has 20 heavy (non-hydrogen) atoms. The predicted octanol–water partition coefficient (Wildman–Crippen LogP) is 2.41. The van der Waals surface area contributed by atoms with E-state index in [9.17, 15) is 8.42 Å². The molecule has 0 saturated heterocycles. The highest BCUT2D eigenvalue weighted by molar-refractivity contribution is 7.89. The van der Waals surface area contributed by atoms with Crippen molar-refractivity contribution in [1.82, 2.24) is 10.0 Å². The fraction of sp³-hybridized carbons (Fsp3) is 0.600. The maximum absolute atomic E-state index is 12.5. The number of hydrogen-bond donors (Lipinski definition) is 2. The monoisotopic (exact) mass is 296 g/mol. The standard InChI is InChI=1S/C15H24N2O2S/c1-3-13(4-2)17-20(18,19)15-8-6-5-7-12(15)11-16-14-9-10-14/h5-8,13-14,16-17H,3-4,9-11H2,1-2H3. The molecule has 0 bridgehead atoms. The molecule has 2 rings (SSSR count). The second-order valence-electron chi connectivity index (χ2n) is 5.40. The first-order valence-electron chi connectivity index (χ1n) is 7.40. The molecule has 0 amide bonds. The zero-order chi connectivity index (χ0) is 14.6. The zero-order valence-electron chi connectivity index (χ0n) is 12.2. The Bertz CT molecular complexity index is 535. The van der Waals surface area contributed by atoms with Gasteiger partial charge in [-0.1, -0.05) is 32.0 Å². The summed E-state index contributed by atoms with van der Waals surface area (Å²) in [6, 6.07) is 7.82. The number of benzene rings is 1. The summed E-state index contributed by atoms with van der Waals surface area (Å²) < 4.78 is 27.8. The topological polar surface area (TPSA) is 58.2 Å². The van der Waals surface area contributed by atoms with Crippen molar-refractivity contribution in [2.24, 2.45) is 0 Å². The summed E-state index contributed by atoms with van der Waals surface area (Å²) in [5.74, 6) is 0. The Morgan fingerprint density at radius 1 is 1.20 bits per heavy atom. The van der Waals surface area contributed by atoms with Gasteiger partial charge in [-0.05, 0) is 37.3 Å². The fourth-order valence-corrected chi connectivity index (χ4v) is 3.83. The molecule has 112 valence electrons.